The molecule has 1 aromatic carbocycles. The van der Waals surface area contributed by atoms with E-state index in [-0.39, 0.29) is 29.7 Å². The Balaban J connectivity index is 2.05. The number of carbonyl (C=O) groups excluding carboxylic acids is 1. The Hall–Kier alpha value is -1.62. The van der Waals surface area contributed by atoms with Gasteiger partial charge in [-0.1, -0.05) is 6.07 Å². The number of rotatable bonds is 1. The van der Waals surface area contributed by atoms with Crippen LogP contribution in [-0.2, 0) is 9.53 Å². The molecule has 5 heteroatoms. The number of nitrogens with one attached hydrogen (secondary N) is 2. The van der Waals surface area contributed by atoms with Crippen LogP contribution in [0.1, 0.15) is 17.9 Å². The Morgan fingerprint density at radius 2 is 2.32 bits per heavy atom. The normalized spacial score (nSPS) is 28.8. The zero-order chi connectivity index (χ0) is 13.4. The zero-order valence-electron chi connectivity index (χ0n) is 10.8. The van der Waals surface area contributed by atoms with E-state index in [2.05, 4.69) is 10.6 Å². The minimum Gasteiger partial charge on any atom is -0.469 e. The van der Waals surface area contributed by atoms with Gasteiger partial charge in [0.15, 0.2) is 0 Å². The predicted octanol–water partition coefficient (Wildman–Crippen LogP) is 1.49. The van der Waals surface area contributed by atoms with Crippen LogP contribution in [0.15, 0.2) is 18.2 Å². The molecule has 3 unspecified atom stereocenters. The van der Waals surface area contributed by atoms with Gasteiger partial charge in [0.1, 0.15) is 5.82 Å². The van der Waals surface area contributed by atoms with Crippen LogP contribution >= 0.6 is 0 Å². The van der Waals surface area contributed by atoms with Crippen molar-refractivity contribution in [1.82, 2.24) is 5.32 Å². The summed E-state index contributed by atoms with van der Waals surface area (Å²) in [6.07, 6.45) is 0.925. The number of benzene rings is 1. The third-order valence-corrected chi connectivity index (χ3v) is 4.10. The molecule has 1 aromatic rings. The monoisotopic (exact) mass is 264 g/mol. The van der Waals surface area contributed by atoms with Crippen molar-refractivity contribution in [3.8, 4) is 0 Å². The predicted molar refractivity (Wildman–Crippen MR) is 69.5 cm³/mol. The molecule has 3 rings (SSSR count). The SMILES string of the molecule is COC(=O)C1c2ccc(F)cc2NC2CCNCC21. The molecule has 3 atom stereocenters. The summed E-state index contributed by atoms with van der Waals surface area (Å²) in [6, 6.07) is 4.74. The van der Waals surface area contributed by atoms with Crippen LogP contribution in [0, 0.1) is 11.7 Å². The summed E-state index contributed by atoms with van der Waals surface area (Å²) in [6.45, 7) is 1.68. The first kappa shape index (κ1) is 12.4. The maximum atomic E-state index is 13.4. The van der Waals surface area contributed by atoms with E-state index in [1.807, 2.05) is 0 Å². The van der Waals surface area contributed by atoms with Gasteiger partial charge in [-0.25, -0.2) is 4.39 Å². The van der Waals surface area contributed by atoms with Crippen molar-refractivity contribution >= 4 is 11.7 Å². The standard InChI is InChI=1S/C14H17FN2O2/c1-19-14(18)13-9-3-2-8(15)6-12(9)17-11-4-5-16-7-10(11)13/h2-3,6,10-11,13,16-17H,4-5,7H2,1H3. The zero-order valence-corrected chi connectivity index (χ0v) is 10.8. The fourth-order valence-corrected chi connectivity index (χ4v) is 3.20. The molecule has 0 amide bonds. The van der Waals surface area contributed by atoms with E-state index in [1.165, 1.54) is 19.2 Å². The second kappa shape index (κ2) is 4.81. The molecule has 0 spiro atoms. The van der Waals surface area contributed by atoms with E-state index in [0.717, 1.165) is 30.8 Å². The molecule has 0 bridgehead atoms. The average molecular weight is 264 g/mol. The highest BCUT2D eigenvalue weighted by molar-refractivity contribution is 5.82. The second-order valence-corrected chi connectivity index (χ2v) is 5.14. The first-order valence-electron chi connectivity index (χ1n) is 6.55. The molecule has 0 aromatic heterocycles. The molecule has 102 valence electrons. The van der Waals surface area contributed by atoms with Crippen molar-refractivity contribution < 1.29 is 13.9 Å². The summed E-state index contributed by atoms with van der Waals surface area (Å²) in [5.74, 6) is -0.700. The summed E-state index contributed by atoms with van der Waals surface area (Å²) < 4.78 is 18.3. The lowest BCUT2D eigenvalue weighted by Crippen LogP contribution is -2.50. The molecular weight excluding hydrogens is 247 g/mol. The average Bonchev–Trinajstić information content (AvgIpc) is 2.43. The van der Waals surface area contributed by atoms with Gasteiger partial charge in [-0.15, -0.1) is 0 Å². The van der Waals surface area contributed by atoms with Crippen LogP contribution < -0.4 is 10.6 Å². The lowest BCUT2D eigenvalue weighted by molar-refractivity contribution is -0.144. The lowest BCUT2D eigenvalue weighted by atomic mass is 9.75. The highest BCUT2D eigenvalue weighted by atomic mass is 19.1. The van der Waals surface area contributed by atoms with E-state index in [4.69, 9.17) is 4.74 Å². The Morgan fingerprint density at radius 3 is 3.11 bits per heavy atom. The van der Waals surface area contributed by atoms with Crippen LogP contribution in [0.4, 0.5) is 10.1 Å². The van der Waals surface area contributed by atoms with E-state index >= 15 is 0 Å². The van der Waals surface area contributed by atoms with Crippen LogP contribution in [0.3, 0.4) is 0 Å². The van der Waals surface area contributed by atoms with Gasteiger partial charge in [0.05, 0.1) is 13.0 Å². The van der Waals surface area contributed by atoms with Crippen LogP contribution in [0.2, 0.25) is 0 Å². The van der Waals surface area contributed by atoms with Crippen molar-refractivity contribution in [2.75, 3.05) is 25.5 Å². The number of halogens is 1. The molecule has 0 aliphatic carbocycles. The van der Waals surface area contributed by atoms with Crippen molar-refractivity contribution in [3.05, 3.63) is 29.6 Å². The molecule has 2 aliphatic rings. The van der Waals surface area contributed by atoms with Crippen molar-refractivity contribution in [2.45, 2.75) is 18.4 Å². The molecule has 2 aliphatic heterocycles. The minimum atomic E-state index is -0.320. The maximum absolute atomic E-state index is 13.4. The van der Waals surface area contributed by atoms with E-state index < -0.39 is 0 Å². The Morgan fingerprint density at radius 1 is 1.47 bits per heavy atom. The molecule has 2 heterocycles. The molecule has 19 heavy (non-hydrogen) atoms. The fraction of sp³-hybridized carbons (Fsp3) is 0.500. The minimum absolute atomic E-state index is 0.152. The summed E-state index contributed by atoms with van der Waals surface area (Å²) in [5, 5.41) is 6.67. The first-order chi connectivity index (χ1) is 9.20. The number of esters is 1. The third-order valence-electron chi connectivity index (χ3n) is 4.10. The van der Waals surface area contributed by atoms with E-state index in [9.17, 15) is 9.18 Å². The summed E-state index contributed by atoms with van der Waals surface area (Å²) in [4.78, 5) is 12.1. The smallest absolute Gasteiger partial charge is 0.313 e. The van der Waals surface area contributed by atoms with Crippen molar-refractivity contribution in [1.29, 1.82) is 0 Å². The molecule has 2 N–H and O–H groups in total. The van der Waals surface area contributed by atoms with Gasteiger partial charge in [-0.3, -0.25) is 4.79 Å². The van der Waals surface area contributed by atoms with E-state index in [0.29, 0.717) is 0 Å². The fourth-order valence-electron chi connectivity index (χ4n) is 3.20. The van der Waals surface area contributed by atoms with Gasteiger partial charge in [-0.05, 0) is 30.7 Å². The Kier molecular flexibility index (Phi) is 3.14. The van der Waals surface area contributed by atoms with Crippen LogP contribution in [0.25, 0.3) is 0 Å². The van der Waals surface area contributed by atoms with Crippen LogP contribution in [-0.4, -0.2) is 32.2 Å². The Labute approximate surface area is 111 Å². The van der Waals surface area contributed by atoms with Crippen molar-refractivity contribution in [2.24, 2.45) is 5.92 Å². The molecule has 1 saturated heterocycles. The third kappa shape index (κ3) is 2.08. The summed E-state index contributed by atoms with van der Waals surface area (Å²) in [5.41, 5.74) is 1.55. The number of piperidine rings is 1. The summed E-state index contributed by atoms with van der Waals surface area (Å²) in [7, 11) is 1.40. The van der Waals surface area contributed by atoms with Gasteiger partial charge in [0.25, 0.3) is 0 Å². The topological polar surface area (TPSA) is 50.4 Å². The van der Waals surface area contributed by atoms with Gasteiger partial charge in [0, 0.05) is 24.2 Å². The largest absolute Gasteiger partial charge is 0.469 e. The number of fused-ring (bicyclic) bond motifs is 2. The lowest BCUT2D eigenvalue weighted by Gasteiger charge is -2.42. The highest BCUT2D eigenvalue weighted by Gasteiger charge is 2.42. The molecule has 0 saturated carbocycles. The molecular formula is C14H17FN2O2. The number of methoxy groups -OCH3 is 1. The molecule has 4 nitrogen and oxygen atoms in total. The van der Waals surface area contributed by atoms with Crippen LogP contribution in [0.5, 0.6) is 0 Å². The van der Waals surface area contributed by atoms with Gasteiger partial charge >= 0.3 is 5.97 Å². The van der Waals surface area contributed by atoms with Gasteiger partial charge in [0.2, 0.25) is 0 Å². The number of hydrogen-bond acceptors (Lipinski definition) is 4. The quantitative estimate of drug-likeness (QED) is 0.754. The highest BCUT2D eigenvalue weighted by Crippen LogP contribution is 2.41. The number of ether oxygens (including phenoxy) is 1. The van der Waals surface area contributed by atoms with E-state index in [1.54, 1.807) is 6.07 Å². The number of anilines is 1. The van der Waals surface area contributed by atoms with Crippen molar-refractivity contribution in [3.63, 3.8) is 0 Å². The van der Waals surface area contributed by atoms with Gasteiger partial charge < -0.3 is 15.4 Å². The molecule has 0 radical (unpaired) electrons. The molecule has 1 fully saturated rings. The Bertz CT molecular complexity index is 506. The maximum Gasteiger partial charge on any atom is 0.313 e. The number of hydrogen-bond donors (Lipinski definition) is 2. The van der Waals surface area contributed by atoms with Gasteiger partial charge in [-0.2, -0.15) is 0 Å². The summed E-state index contributed by atoms with van der Waals surface area (Å²) >= 11 is 0. The first-order valence-corrected chi connectivity index (χ1v) is 6.55. The second-order valence-electron chi connectivity index (χ2n) is 5.14. The number of carbonyl (C=O) groups is 1.